The number of nitrogens with one attached hydrogen (secondary N) is 1. The topological polar surface area (TPSA) is 76.5 Å². The van der Waals surface area contributed by atoms with Crippen molar-refractivity contribution < 1.29 is 14.3 Å². The van der Waals surface area contributed by atoms with Crippen LogP contribution in [-0.4, -0.2) is 39.6 Å². The Morgan fingerprint density at radius 3 is 2.50 bits per heavy atom. The van der Waals surface area contributed by atoms with Crippen LogP contribution in [0.3, 0.4) is 0 Å². The molecule has 0 unspecified atom stereocenters. The molecular weight excluding hydrogens is 380 g/mol. The summed E-state index contributed by atoms with van der Waals surface area (Å²) in [5, 5.41) is 7.35. The smallest absolute Gasteiger partial charge is 0.272 e. The lowest BCUT2D eigenvalue weighted by atomic mass is 10.0. The quantitative estimate of drug-likeness (QED) is 0.684. The second kappa shape index (κ2) is 8.82. The summed E-state index contributed by atoms with van der Waals surface area (Å²) in [5.74, 6) is 0.320. The van der Waals surface area contributed by atoms with Gasteiger partial charge in [-0.05, 0) is 17.7 Å². The second-order valence-corrected chi connectivity index (χ2v) is 7.23. The first kappa shape index (κ1) is 19.7. The number of amides is 2. The van der Waals surface area contributed by atoms with Crippen molar-refractivity contribution in [1.82, 2.24) is 20.0 Å². The van der Waals surface area contributed by atoms with Crippen molar-refractivity contribution >= 4 is 11.8 Å². The van der Waals surface area contributed by atoms with E-state index in [1.165, 1.54) is 0 Å². The van der Waals surface area contributed by atoms with Crippen molar-refractivity contribution in [1.29, 1.82) is 0 Å². The largest absolute Gasteiger partial charge is 0.484 e. The van der Waals surface area contributed by atoms with Gasteiger partial charge >= 0.3 is 0 Å². The summed E-state index contributed by atoms with van der Waals surface area (Å²) in [6.45, 7) is 1.33. The molecule has 1 aliphatic heterocycles. The third kappa shape index (κ3) is 4.35. The molecule has 2 aromatic carbocycles. The number of hydrogen-bond donors (Lipinski definition) is 1. The summed E-state index contributed by atoms with van der Waals surface area (Å²) in [5.41, 5.74) is 3.20. The number of aromatic nitrogens is 2. The van der Waals surface area contributed by atoms with Crippen molar-refractivity contribution in [2.45, 2.75) is 19.5 Å². The van der Waals surface area contributed by atoms with Gasteiger partial charge in [0.25, 0.3) is 11.8 Å². The Hall–Kier alpha value is -3.61. The summed E-state index contributed by atoms with van der Waals surface area (Å²) in [6.07, 6.45) is 0.655. The van der Waals surface area contributed by atoms with Crippen LogP contribution >= 0.6 is 0 Å². The summed E-state index contributed by atoms with van der Waals surface area (Å²) in [4.78, 5) is 27.2. The maximum atomic E-state index is 12.8. The Kier molecular flexibility index (Phi) is 5.79. The molecule has 0 saturated carbocycles. The van der Waals surface area contributed by atoms with Gasteiger partial charge < -0.3 is 15.0 Å². The molecule has 0 fully saturated rings. The Labute approximate surface area is 175 Å². The zero-order valence-electron chi connectivity index (χ0n) is 16.9. The van der Waals surface area contributed by atoms with E-state index in [1.807, 2.05) is 67.7 Å². The molecule has 4 rings (SSSR count). The molecule has 0 radical (unpaired) electrons. The molecule has 0 atom stereocenters. The summed E-state index contributed by atoms with van der Waals surface area (Å²) < 4.78 is 7.33. The van der Waals surface area contributed by atoms with Gasteiger partial charge in [-0.25, -0.2) is 0 Å². The average molecular weight is 404 g/mol. The van der Waals surface area contributed by atoms with Gasteiger partial charge in [0, 0.05) is 44.4 Å². The van der Waals surface area contributed by atoms with E-state index in [2.05, 4.69) is 10.4 Å². The fourth-order valence-electron chi connectivity index (χ4n) is 3.60. The Balaban J connectivity index is 1.42. The van der Waals surface area contributed by atoms with E-state index in [1.54, 1.807) is 9.58 Å². The highest BCUT2D eigenvalue weighted by molar-refractivity contribution is 5.94. The molecule has 2 heterocycles. The molecule has 1 aliphatic rings. The van der Waals surface area contributed by atoms with E-state index in [0.29, 0.717) is 37.5 Å². The van der Waals surface area contributed by atoms with Gasteiger partial charge in [0.1, 0.15) is 5.75 Å². The van der Waals surface area contributed by atoms with Gasteiger partial charge in [-0.2, -0.15) is 5.10 Å². The number of hydrogen-bond acceptors (Lipinski definition) is 4. The van der Waals surface area contributed by atoms with Gasteiger partial charge in [0.2, 0.25) is 0 Å². The van der Waals surface area contributed by atoms with Crippen LogP contribution in [0.2, 0.25) is 0 Å². The van der Waals surface area contributed by atoms with Crippen molar-refractivity contribution in [2.24, 2.45) is 7.05 Å². The first-order chi connectivity index (χ1) is 14.6. The number of carbonyl (C=O) groups is 2. The van der Waals surface area contributed by atoms with Crippen LogP contribution < -0.4 is 10.1 Å². The SMILES string of the molecule is Cn1nc(C(=O)NCc2ccccc2)c2c1CCN(C(=O)COc1ccccc1)C2. The van der Waals surface area contributed by atoms with Crippen LogP contribution in [0.1, 0.15) is 27.3 Å². The lowest BCUT2D eigenvalue weighted by Crippen LogP contribution is -2.39. The zero-order chi connectivity index (χ0) is 20.9. The van der Waals surface area contributed by atoms with E-state index in [0.717, 1.165) is 16.8 Å². The third-order valence-electron chi connectivity index (χ3n) is 5.21. The van der Waals surface area contributed by atoms with Gasteiger partial charge in [-0.1, -0.05) is 48.5 Å². The van der Waals surface area contributed by atoms with Crippen LogP contribution in [0, 0.1) is 0 Å². The maximum Gasteiger partial charge on any atom is 0.272 e. The first-order valence-corrected chi connectivity index (χ1v) is 9.94. The first-order valence-electron chi connectivity index (χ1n) is 9.94. The van der Waals surface area contributed by atoms with Crippen LogP contribution in [0.5, 0.6) is 5.75 Å². The van der Waals surface area contributed by atoms with Crippen LogP contribution in [-0.2, 0) is 31.4 Å². The average Bonchev–Trinajstić information content (AvgIpc) is 3.13. The van der Waals surface area contributed by atoms with Crippen molar-refractivity contribution in [2.75, 3.05) is 13.2 Å². The molecule has 0 aliphatic carbocycles. The highest BCUT2D eigenvalue weighted by Gasteiger charge is 2.29. The fourth-order valence-corrected chi connectivity index (χ4v) is 3.60. The number of ether oxygens (including phenoxy) is 1. The molecule has 0 saturated heterocycles. The molecule has 0 bridgehead atoms. The molecule has 1 N–H and O–H groups in total. The number of para-hydroxylation sites is 1. The van der Waals surface area contributed by atoms with Crippen LogP contribution in [0.15, 0.2) is 60.7 Å². The number of aryl methyl sites for hydroxylation is 1. The highest BCUT2D eigenvalue weighted by atomic mass is 16.5. The third-order valence-corrected chi connectivity index (χ3v) is 5.21. The highest BCUT2D eigenvalue weighted by Crippen LogP contribution is 2.22. The maximum absolute atomic E-state index is 12.8. The Bertz CT molecular complexity index is 1030. The van der Waals surface area contributed by atoms with E-state index >= 15 is 0 Å². The predicted octanol–water partition coefficient (Wildman–Crippen LogP) is 2.31. The van der Waals surface area contributed by atoms with E-state index in [9.17, 15) is 9.59 Å². The predicted molar refractivity (Wildman–Crippen MR) is 112 cm³/mol. The number of benzene rings is 2. The summed E-state index contributed by atoms with van der Waals surface area (Å²) >= 11 is 0. The Morgan fingerprint density at radius 2 is 1.77 bits per heavy atom. The zero-order valence-corrected chi connectivity index (χ0v) is 16.9. The molecular formula is C23H24N4O3. The molecule has 2 amide bonds. The number of carbonyl (C=O) groups excluding carboxylic acids is 2. The molecule has 7 nitrogen and oxygen atoms in total. The minimum absolute atomic E-state index is 0.0326. The molecule has 154 valence electrons. The van der Waals surface area contributed by atoms with E-state index in [4.69, 9.17) is 4.74 Å². The fraction of sp³-hybridized carbons (Fsp3) is 0.261. The minimum Gasteiger partial charge on any atom is -0.484 e. The molecule has 0 spiro atoms. The number of fused-ring (bicyclic) bond motifs is 1. The molecule has 30 heavy (non-hydrogen) atoms. The number of nitrogens with zero attached hydrogens (tertiary/aromatic N) is 3. The molecule has 3 aromatic rings. The summed E-state index contributed by atoms with van der Waals surface area (Å²) in [7, 11) is 1.84. The minimum atomic E-state index is -0.231. The van der Waals surface area contributed by atoms with Crippen molar-refractivity contribution in [3.8, 4) is 5.75 Å². The normalized spacial score (nSPS) is 12.9. The second-order valence-electron chi connectivity index (χ2n) is 7.23. The van der Waals surface area contributed by atoms with Gasteiger partial charge in [-0.3, -0.25) is 14.3 Å². The monoisotopic (exact) mass is 404 g/mol. The van der Waals surface area contributed by atoms with Crippen LogP contribution in [0.25, 0.3) is 0 Å². The lowest BCUT2D eigenvalue weighted by Gasteiger charge is -2.27. The van der Waals surface area contributed by atoms with Gasteiger partial charge in [0.15, 0.2) is 12.3 Å². The van der Waals surface area contributed by atoms with Crippen LogP contribution in [0.4, 0.5) is 0 Å². The standard InChI is InChI=1S/C23H24N4O3/c1-26-20-12-13-27(21(28)16-30-18-10-6-3-7-11-18)15-19(20)22(25-26)23(29)24-14-17-8-4-2-5-9-17/h2-11H,12-16H2,1H3,(H,24,29). The van der Waals surface area contributed by atoms with Gasteiger partial charge in [-0.15, -0.1) is 0 Å². The molecule has 1 aromatic heterocycles. The lowest BCUT2D eigenvalue weighted by molar-refractivity contribution is -0.134. The number of rotatable bonds is 6. The van der Waals surface area contributed by atoms with E-state index < -0.39 is 0 Å². The Morgan fingerprint density at radius 1 is 1.07 bits per heavy atom. The van der Waals surface area contributed by atoms with Crippen molar-refractivity contribution in [3.63, 3.8) is 0 Å². The van der Waals surface area contributed by atoms with Crippen molar-refractivity contribution in [3.05, 3.63) is 83.2 Å². The van der Waals surface area contributed by atoms with Gasteiger partial charge in [0.05, 0.1) is 0 Å². The summed E-state index contributed by atoms with van der Waals surface area (Å²) in [6, 6.07) is 19.0. The molecule has 7 heteroatoms. The van der Waals surface area contributed by atoms with E-state index in [-0.39, 0.29) is 18.4 Å².